The van der Waals surface area contributed by atoms with Crippen molar-refractivity contribution in [3.63, 3.8) is 0 Å². The lowest BCUT2D eigenvalue weighted by Crippen LogP contribution is -2.26. The monoisotopic (exact) mass is 353 g/mol. The summed E-state index contributed by atoms with van der Waals surface area (Å²) < 4.78 is 17.0. The number of benzene rings is 2. The number of carbonyl (C=O) groups excluding carboxylic acids is 1. The maximum absolute atomic E-state index is 12.6. The number of hydrogen-bond donors (Lipinski definition) is 1. The van der Waals surface area contributed by atoms with Crippen LogP contribution < -0.4 is 19.5 Å². The largest absolute Gasteiger partial charge is 0.489 e. The van der Waals surface area contributed by atoms with Crippen molar-refractivity contribution in [3.05, 3.63) is 53.1 Å². The molecule has 0 radical (unpaired) electrons. The molecule has 0 fully saturated rings. The molecule has 0 aliphatic carbocycles. The molecule has 0 unspecified atom stereocenters. The van der Waals surface area contributed by atoms with Crippen LogP contribution in [-0.2, 0) is 6.42 Å². The molecule has 5 heteroatoms. The third-order valence-corrected chi connectivity index (χ3v) is 5.09. The number of para-hydroxylation sites is 1. The van der Waals surface area contributed by atoms with Gasteiger partial charge >= 0.3 is 0 Å². The summed E-state index contributed by atoms with van der Waals surface area (Å²) in [5, 5.41) is 3.00. The first kappa shape index (κ1) is 16.8. The van der Waals surface area contributed by atoms with Crippen LogP contribution in [0.4, 0.5) is 0 Å². The number of hydrogen-bond acceptors (Lipinski definition) is 4. The Morgan fingerprint density at radius 2 is 1.92 bits per heavy atom. The molecule has 26 heavy (non-hydrogen) atoms. The quantitative estimate of drug-likeness (QED) is 0.916. The smallest absolute Gasteiger partial charge is 0.255 e. The lowest BCUT2D eigenvalue weighted by atomic mass is 9.97. The van der Waals surface area contributed by atoms with Gasteiger partial charge in [0.1, 0.15) is 25.1 Å². The van der Waals surface area contributed by atoms with E-state index < -0.39 is 0 Å². The van der Waals surface area contributed by atoms with Gasteiger partial charge in [0.2, 0.25) is 0 Å². The van der Waals surface area contributed by atoms with Crippen molar-refractivity contribution in [2.45, 2.75) is 32.3 Å². The van der Waals surface area contributed by atoms with E-state index in [2.05, 4.69) is 12.2 Å². The van der Waals surface area contributed by atoms with Gasteiger partial charge in [-0.2, -0.15) is 0 Å². The van der Waals surface area contributed by atoms with E-state index in [1.54, 1.807) is 0 Å². The summed E-state index contributed by atoms with van der Waals surface area (Å²) in [5.74, 6) is 2.49. The third kappa shape index (κ3) is 3.09. The van der Waals surface area contributed by atoms with Crippen molar-refractivity contribution < 1.29 is 19.0 Å². The average Bonchev–Trinajstić information content (AvgIpc) is 2.96. The van der Waals surface area contributed by atoms with Crippen molar-refractivity contribution in [1.29, 1.82) is 0 Å². The Morgan fingerprint density at radius 1 is 1.12 bits per heavy atom. The fourth-order valence-electron chi connectivity index (χ4n) is 3.42. The van der Waals surface area contributed by atoms with Crippen molar-refractivity contribution in [2.75, 3.05) is 19.8 Å². The van der Waals surface area contributed by atoms with Gasteiger partial charge in [0.05, 0.1) is 5.56 Å². The molecule has 2 aromatic carbocycles. The first-order valence-electron chi connectivity index (χ1n) is 9.10. The second kappa shape index (κ2) is 6.90. The molecule has 2 atom stereocenters. The van der Waals surface area contributed by atoms with Crippen LogP contribution in [0.3, 0.4) is 0 Å². The highest BCUT2D eigenvalue weighted by Gasteiger charge is 2.30. The first-order valence-corrected chi connectivity index (χ1v) is 9.10. The second-order valence-corrected chi connectivity index (χ2v) is 6.82. The summed E-state index contributed by atoms with van der Waals surface area (Å²) >= 11 is 0. The van der Waals surface area contributed by atoms with Crippen molar-refractivity contribution >= 4 is 5.91 Å². The van der Waals surface area contributed by atoms with E-state index in [4.69, 9.17) is 14.2 Å². The molecule has 2 heterocycles. The van der Waals surface area contributed by atoms with E-state index >= 15 is 0 Å². The average molecular weight is 353 g/mol. The summed E-state index contributed by atoms with van der Waals surface area (Å²) in [6.07, 6.45) is 0.821. The fourth-order valence-corrected chi connectivity index (χ4v) is 3.42. The molecule has 136 valence electrons. The van der Waals surface area contributed by atoms with Gasteiger partial charge in [0, 0.05) is 18.0 Å². The molecule has 5 nitrogen and oxygen atoms in total. The van der Waals surface area contributed by atoms with Gasteiger partial charge < -0.3 is 19.5 Å². The predicted octanol–water partition coefficient (Wildman–Crippen LogP) is 3.31. The van der Waals surface area contributed by atoms with Gasteiger partial charge in [-0.25, -0.2) is 0 Å². The predicted molar refractivity (Wildman–Crippen MR) is 98.4 cm³/mol. The van der Waals surface area contributed by atoms with Crippen LogP contribution in [0.15, 0.2) is 36.4 Å². The van der Waals surface area contributed by atoms with Gasteiger partial charge in [-0.3, -0.25) is 4.79 Å². The summed E-state index contributed by atoms with van der Waals surface area (Å²) in [6.45, 7) is 5.87. The number of amides is 1. The molecule has 4 rings (SSSR count). The number of ether oxygens (including phenoxy) is 3. The van der Waals surface area contributed by atoms with Gasteiger partial charge in [-0.1, -0.05) is 25.1 Å². The van der Waals surface area contributed by atoms with Gasteiger partial charge in [-0.05, 0) is 37.1 Å². The zero-order valence-electron chi connectivity index (χ0n) is 15.1. The maximum Gasteiger partial charge on any atom is 0.255 e. The molecule has 0 spiro atoms. The normalized spacial score (nSPS) is 20.2. The molecule has 0 saturated carbocycles. The molecule has 2 aliphatic heterocycles. The van der Waals surface area contributed by atoms with Crippen LogP contribution in [0.25, 0.3) is 0 Å². The van der Waals surface area contributed by atoms with Crippen molar-refractivity contribution in [3.8, 4) is 17.2 Å². The Labute approximate surface area is 153 Å². The minimum Gasteiger partial charge on any atom is -0.489 e. The van der Waals surface area contributed by atoms with Crippen LogP contribution in [0.2, 0.25) is 0 Å². The van der Waals surface area contributed by atoms with Crippen LogP contribution in [0.5, 0.6) is 17.2 Å². The minimum absolute atomic E-state index is 0.0941. The summed E-state index contributed by atoms with van der Waals surface area (Å²) in [4.78, 5) is 12.6. The maximum atomic E-state index is 12.6. The van der Waals surface area contributed by atoms with E-state index in [-0.39, 0.29) is 12.0 Å². The lowest BCUT2D eigenvalue weighted by molar-refractivity contribution is 0.0949. The van der Waals surface area contributed by atoms with E-state index in [0.29, 0.717) is 31.2 Å². The molecule has 0 saturated heterocycles. The molecular formula is C21H23NO4. The van der Waals surface area contributed by atoms with Crippen LogP contribution >= 0.6 is 0 Å². The topological polar surface area (TPSA) is 56.8 Å². The number of carbonyl (C=O) groups is 1. The molecule has 2 aliphatic rings. The van der Waals surface area contributed by atoms with Gasteiger partial charge in [0.25, 0.3) is 5.91 Å². The lowest BCUT2D eigenvalue weighted by Gasteiger charge is -2.19. The highest BCUT2D eigenvalue weighted by Crippen LogP contribution is 2.40. The van der Waals surface area contributed by atoms with Gasteiger partial charge in [-0.15, -0.1) is 0 Å². The molecule has 2 aromatic rings. The van der Waals surface area contributed by atoms with Crippen LogP contribution in [-0.4, -0.2) is 31.8 Å². The molecule has 1 N–H and O–H groups in total. The van der Waals surface area contributed by atoms with E-state index in [1.165, 1.54) is 0 Å². The fraction of sp³-hybridized carbons (Fsp3) is 0.381. The van der Waals surface area contributed by atoms with Gasteiger partial charge in [0.15, 0.2) is 11.5 Å². The Kier molecular flexibility index (Phi) is 4.45. The Bertz CT molecular complexity index is 833. The van der Waals surface area contributed by atoms with E-state index in [0.717, 1.165) is 34.8 Å². The standard InChI is InChI=1S/C21H23NO4/c1-13-14(2)26-20-16(13)4-3-5-17(20)21(23)22-9-8-15-6-7-18-19(12-15)25-11-10-24-18/h3-7,12-14H,8-11H2,1-2H3,(H,22,23)/t13-,14+/m0/s1. The number of fused-ring (bicyclic) bond motifs is 2. The number of rotatable bonds is 4. The van der Waals surface area contributed by atoms with E-state index in [1.807, 2.05) is 43.3 Å². The highest BCUT2D eigenvalue weighted by atomic mass is 16.6. The second-order valence-electron chi connectivity index (χ2n) is 6.82. The Hall–Kier alpha value is -2.69. The van der Waals surface area contributed by atoms with Crippen LogP contribution in [0.1, 0.15) is 41.3 Å². The third-order valence-electron chi connectivity index (χ3n) is 5.09. The van der Waals surface area contributed by atoms with Crippen molar-refractivity contribution in [2.24, 2.45) is 0 Å². The zero-order valence-corrected chi connectivity index (χ0v) is 15.1. The molecule has 0 bridgehead atoms. The van der Waals surface area contributed by atoms with E-state index in [9.17, 15) is 4.79 Å². The Balaban J connectivity index is 1.40. The highest BCUT2D eigenvalue weighted by molar-refractivity contribution is 5.97. The molecule has 1 amide bonds. The zero-order chi connectivity index (χ0) is 18.1. The minimum atomic E-state index is -0.0966. The summed E-state index contributed by atoms with van der Waals surface area (Å²) in [7, 11) is 0. The molecule has 0 aromatic heterocycles. The van der Waals surface area contributed by atoms with Crippen LogP contribution in [0, 0.1) is 0 Å². The summed E-state index contributed by atoms with van der Waals surface area (Å²) in [6, 6.07) is 11.7. The van der Waals surface area contributed by atoms with Crippen molar-refractivity contribution in [1.82, 2.24) is 5.32 Å². The number of nitrogens with one attached hydrogen (secondary N) is 1. The SMILES string of the molecule is C[C@@H]1c2cccc(C(=O)NCCc3ccc4c(c3)OCCO4)c2O[C@@H]1C. The molecular weight excluding hydrogens is 330 g/mol. The summed E-state index contributed by atoms with van der Waals surface area (Å²) in [5.41, 5.74) is 2.82. The Morgan fingerprint density at radius 3 is 2.77 bits per heavy atom. The first-order chi connectivity index (χ1) is 12.6.